The van der Waals surface area contributed by atoms with Crippen LogP contribution in [0.3, 0.4) is 0 Å². The van der Waals surface area contributed by atoms with Crippen LogP contribution in [0.25, 0.3) is 0 Å². The van der Waals surface area contributed by atoms with Crippen molar-refractivity contribution in [1.29, 1.82) is 0 Å². The smallest absolute Gasteiger partial charge is 0.340 e. The van der Waals surface area contributed by atoms with E-state index in [1.54, 1.807) is 0 Å². The molecule has 144 valence electrons. The number of aryl methyl sites for hydroxylation is 2. The van der Waals surface area contributed by atoms with E-state index < -0.39 is 27.8 Å². The monoisotopic (exact) mass is 409 g/mol. The summed E-state index contributed by atoms with van der Waals surface area (Å²) in [5.41, 5.74) is 2.30. The second-order valence-corrected chi connectivity index (χ2v) is 8.64. The number of anilines is 1. The molecule has 2 rings (SSSR count). The molecule has 27 heavy (non-hydrogen) atoms. The molecule has 1 amide bonds. The van der Waals surface area contributed by atoms with Crippen LogP contribution < -0.4 is 5.32 Å². The van der Waals surface area contributed by atoms with Gasteiger partial charge in [-0.3, -0.25) is 4.79 Å². The number of ether oxygens (including phenoxy) is 1. The molecule has 2 aromatic carbocycles. The van der Waals surface area contributed by atoms with Crippen LogP contribution in [-0.2, 0) is 19.4 Å². The lowest BCUT2D eigenvalue weighted by Crippen LogP contribution is -2.30. The molecule has 0 aliphatic carbocycles. The zero-order chi connectivity index (χ0) is 20.4. The van der Waals surface area contributed by atoms with Gasteiger partial charge in [0, 0.05) is 11.9 Å². The Morgan fingerprint density at radius 1 is 1.11 bits per heavy atom. The molecule has 0 saturated carbocycles. The topological polar surface area (TPSA) is 89.5 Å². The number of amides is 1. The highest BCUT2D eigenvalue weighted by Crippen LogP contribution is 2.23. The SMILES string of the molecule is Cc1cccc(C)c1NC(=O)C(C)OC(=O)c1cc(S(C)(=O)=O)ccc1Cl. The Morgan fingerprint density at radius 2 is 1.70 bits per heavy atom. The van der Waals surface area contributed by atoms with Gasteiger partial charge in [0.05, 0.1) is 15.5 Å². The minimum Gasteiger partial charge on any atom is -0.449 e. The highest BCUT2D eigenvalue weighted by Gasteiger charge is 2.23. The number of nitrogens with one attached hydrogen (secondary N) is 1. The van der Waals surface area contributed by atoms with Crippen molar-refractivity contribution in [3.63, 3.8) is 0 Å². The Hall–Kier alpha value is -2.38. The average Bonchev–Trinajstić information content (AvgIpc) is 2.57. The number of rotatable bonds is 5. The van der Waals surface area contributed by atoms with E-state index in [1.807, 2.05) is 32.0 Å². The van der Waals surface area contributed by atoms with E-state index in [9.17, 15) is 18.0 Å². The van der Waals surface area contributed by atoms with Crippen LogP contribution in [0.2, 0.25) is 5.02 Å². The van der Waals surface area contributed by atoms with Crippen LogP contribution >= 0.6 is 11.6 Å². The molecule has 6 nitrogen and oxygen atoms in total. The fraction of sp³-hybridized carbons (Fsp3) is 0.263. The summed E-state index contributed by atoms with van der Waals surface area (Å²) in [5, 5.41) is 2.78. The summed E-state index contributed by atoms with van der Waals surface area (Å²) in [6, 6.07) is 9.32. The number of carbonyl (C=O) groups excluding carboxylic acids is 2. The van der Waals surface area contributed by atoms with Gasteiger partial charge in [0.25, 0.3) is 5.91 Å². The third-order valence-corrected chi connectivity index (χ3v) is 5.41. The number of sulfone groups is 1. The van der Waals surface area contributed by atoms with Crippen LogP contribution in [0.4, 0.5) is 5.69 Å². The molecule has 0 radical (unpaired) electrons. The molecule has 0 spiro atoms. The summed E-state index contributed by atoms with van der Waals surface area (Å²) in [5.74, 6) is -1.38. The summed E-state index contributed by atoms with van der Waals surface area (Å²) < 4.78 is 28.5. The molecule has 2 aromatic rings. The van der Waals surface area contributed by atoms with E-state index in [2.05, 4.69) is 5.32 Å². The lowest BCUT2D eigenvalue weighted by atomic mass is 10.1. The van der Waals surface area contributed by atoms with Gasteiger partial charge in [-0.15, -0.1) is 0 Å². The van der Waals surface area contributed by atoms with Crippen molar-refractivity contribution in [3.8, 4) is 0 Å². The molecule has 0 fully saturated rings. The fourth-order valence-corrected chi connectivity index (χ4v) is 3.25. The van der Waals surface area contributed by atoms with Gasteiger partial charge in [-0.2, -0.15) is 0 Å². The maximum absolute atomic E-state index is 12.4. The van der Waals surface area contributed by atoms with E-state index in [-0.39, 0.29) is 15.5 Å². The number of halogens is 1. The highest BCUT2D eigenvalue weighted by molar-refractivity contribution is 7.90. The molecule has 1 unspecified atom stereocenters. The Morgan fingerprint density at radius 3 is 2.26 bits per heavy atom. The third kappa shape index (κ3) is 5.08. The first kappa shape index (κ1) is 20.9. The number of hydrogen-bond acceptors (Lipinski definition) is 5. The van der Waals surface area contributed by atoms with Crippen LogP contribution in [0.5, 0.6) is 0 Å². The second kappa shape index (κ2) is 8.10. The molecule has 0 bridgehead atoms. The molecule has 1 atom stereocenters. The Kier molecular flexibility index (Phi) is 6.28. The first-order chi connectivity index (χ1) is 12.5. The van der Waals surface area contributed by atoms with Crippen LogP contribution in [0, 0.1) is 13.8 Å². The van der Waals surface area contributed by atoms with Crippen molar-refractivity contribution >= 4 is 39.0 Å². The largest absolute Gasteiger partial charge is 0.449 e. The average molecular weight is 410 g/mol. The first-order valence-corrected chi connectivity index (χ1v) is 10.4. The summed E-state index contributed by atoms with van der Waals surface area (Å²) in [4.78, 5) is 24.7. The predicted molar refractivity (Wildman–Crippen MR) is 104 cm³/mol. The highest BCUT2D eigenvalue weighted by atomic mass is 35.5. The number of para-hydroxylation sites is 1. The summed E-state index contributed by atoms with van der Waals surface area (Å²) in [7, 11) is -3.52. The number of benzene rings is 2. The van der Waals surface area contributed by atoms with Gasteiger partial charge in [-0.1, -0.05) is 29.8 Å². The van der Waals surface area contributed by atoms with Crippen LogP contribution in [0.15, 0.2) is 41.3 Å². The van der Waals surface area contributed by atoms with Gasteiger partial charge in [-0.25, -0.2) is 13.2 Å². The van der Waals surface area contributed by atoms with Gasteiger partial charge < -0.3 is 10.1 Å². The minimum absolute atomic E-state index is 0.0368. The molecular formula is C19H20ClNO5S. The van der Waals surface area contributed by atoms with E-state index in [0.717, 1.165) is 23.4 Å². The van der Waals surface area contributed by atoms with E-state index in [0.29, 0.717) is 5.69 Å². The lowest BCUT2D eigenvalue weighted by Gasteiger charge is -2.16. The molecule has 0 aliphatic rings. The second-order valence-electron chi connectivity index (χ2n) is 6.22. The number of esters is 1. The van der Waals surface area contributed by atoms with E-state index in [1.165, 1.54) is 19.1 Å². The molecule has 0 aromatic heterocycles. The first-order valence-electron chi connectivity index (χ1n) is 8.08. The Labute approximate surface area is 163 Å². The van der Waals surface area contributed by atoms with Gasteiger partial charge >= 0.3 is 5.97 Å². The zero-order valence-corrected chi connectivity index (χ0v) is 16.9. The summed E-state index contributed by atoms with van der Waals surface area (Å²) in [6.07, 6.45) is -0.0826. The van der Waals surface area contributed by atoms with Crippen molar-refractivity contribution in [1.82, 2.24) is 0 Å². The molecule has 0 heterocycles. The summed E-state index contributed by atoms with van der Waals surface area (Å²) >= 11 is 5.98. The predicted octanol–water partition coefficient (Wildman–Crippen LogP) is 3.54. The van der Waals surface area contributed by atoms with Gasteiger partial charge in [0.2, 0.25) is 0 Å². The van der Waals surface area contributed by atoms with Crippen molar-refractivity contribution in [2.45, 2.75) is 31.8 Å². The van der Waals surface area contributed by atoms with Gasteiger partial charge in [0.1, 0.15) is 0 Å². The summed E-state index contributed by atoms with van der Waals surface area (Å²) in [6.45, 7) is 5.14. The maximum atomic E-state index is 12.4. The molecule has 0 saturated heterocycles. The quantitative estimate of drug-likeness (QED) is 0.763. The van der Waals surface area contributed by atoms with Crippen molar-refractivity contribution < 1.29 is 22.7 Å². The van der Waals surface area contributed by atoms with E-state index >= 15 is 0 Å². The Bertz CT molecular complexity index is 981. The maximum Gasteiger partial charge on any atom is 0.340 e. The molecule has 0 aliphatic heterocycles. The van der Waals surface area contributed by atoms with Crippen molar-refractivity contribution in [3.05, 3.63) is 58.1 Å². The molecular weight excluding hydrogens is 390 g/mol. The molecule has 8 heteroatoms. The van der Waals surface area contributed by atoms with Gasteiger partial charge in [-0.05, 0) is 50.1 Å². The van der Waals surface area contributed by atoms with Gasteiger partial charge in [0.15, 0.2) is 15.9 Å². The van der Waals surface area contributed by atoms with Crippen LogP contribution in [-0.4, -0.2) is 32.7 Å². The van der Waals surface area contributed by atoms with E-state index in [4.69, 9.17) is 16.3 Å². The normalized spacial score (nSPS) is 12.3. The number of hydrogen-bond donors (Lipinski definition) is 1. The Balaban J connectivity index is 2.17. The zero-order valence-electron chi connectivity index (χ0n) is 15.4. The van der Waals surface area contributed by atoms with Crippen LogP contribution in [0.1, 0.15) is 28.4 Å². The standard InChI is InChI=1S/C19H20ClNO5S/c1-11-6-5-7-12(2)17(11)21-18(22)13(3)26-19(23)15-10-14(27(4,24)25)8-9-16(15)20/h5-10,13H,1-4H3,(H,21,22). The lowest BCUT2D eigenvalue weighted by molar-refractivity contribution is -0.123. The number of carbonyl (C=O) groups is 2. The fourth-order valence-electron chi connectivity index (χ4n) is 2.41. The van der Waals surface area contributed by atoms with Crippen molar-refractivity contribution in [2.24, 2.45) is 0 Å². The molecule has 1 N–H and O–H groups in total. The third-order valence-electron chi connectivity index (χ3n) is 3.97. The van der Waals surface area contributed by atoms with Crippen molar-refractivity contribution in [2.75, 3.05) is 11.6 Å². The minimum atomic E-state index is -3.52.